The first-order chi connectivity index (χ1) is 11.1. The van der Waals surface area contributed by atoms with Crippen LogP contribution in [0.4, 0.5) is 0 Å². The minimum absolute atomic E-state index is 0. The van der Waals surface area contributed by atoms with Crippen LogP contribution < -0.4 is 9.47 Å². The van der Waals surface area contributed by atoms with E-state index in [-0.39, 0.29) is 76.4 Å². The molecule has 3 aromatic rings. The zero-order chi connectivity index (χ0) is 16.4. The van der Waals surface area contributed by atoms with Crippen LogP contribution in [-0.4, -0.2) is 97.9 Å². The monoisotopic (exact) mass is 381 g/mol. The van der Waals surface area contributed by atoms with Crippen LogP contribution >= 0.6 is 0 Å². The topological polar surface area (TPSA) is 103 Å². The van der Waals surface area contributed by atoms with Gasteiger partial charge in [-0.3, -0.25) is 9.97 Å². The van der Waals surface area contributed by atoms with Gasteiger partial charge in [0.05, 0.1) is 25.3 Å². The SMILES string of the molecule is COc1ccc2[nH]c([S+]([O-])Cc3nccc(O)c3OC)nc2c1.[NaH].[NaH]. The molecule has 0 aliphatic heterocycles. The van der Waals surface area contributed by atoms with Gasteiger partial charge in [-0.25, -0.2) is 0 Å². The molecule has 0 aliphatic carbocycles. The predicted molar refractivity (Wildman–Crippen MR) is 99.5 cm³/mol. The fourth-order valence-corrected chi connectivity index (χ4v) is 3.21. The van der Waals surface area contributed by atoms with Crippen LogP contribution in [0, 0.1) is 0 Å². The normalized spacial score (nSPS) is 11.3. The summed E-state index contributed by atoms with van der Waals surface area (Å²) in [6.45, 7) is 0. The number of hydrogen-bond acceptors (Lipinski definition) is 6. The molecule has 10 heteroatoms. The van der Waals surface area contributed by atoms with Crippen molar-refractivity contribution in [3.05, 3.63) is 36.2 Å². The van der Waals surface area contributed by atoms with E-state index in [1.165, 1.54) is 19.4 Å². The minimum atomic E-state index is -1.46. The van der Waals surface area contributed by atoms with E-state index in [4.69, 9.17) is 9.47 Å². The maximum atomic E-state index is 12.5. The standard InChI is InChI=1S/C15H15N3O4S.2Na.2H/c1-21-9-3-4-10-11(7-9)18-15(17-10)23(20)8-12-14(22-2)13(19)5-6-16-12;;;;/h3-7H,8H2,1-2H3,(H,16,19)(H,17,18);;;;. The van der Waals surface area contributed by atoms with E-state index >= 15 is 0 Å². The third-order valence-corrected chi connectivity index (χ3v) is 4.47. The number of rotatable bonds is 5. The Kier molecular flexibility index (Phi) is 9.07. The second kappa shape index (κ2) is 10.0. The molecule has 0 saturated heterocycles. The number of hydrogen-bond donors (Lipinski definition) is 2. The van der Waals surface area contributed by atoms with Gasteiger partial charge in [0.25, 0.3) is 0 Å². The Morgan fingerprint density at radius 2 is 1.96 bits per heavy atom. The number of pyridine rings is 1. The van der Waals surface area contributed by atoms with Crippen molar-refractivity contribution >= 4 is 81.3 Å². The molecular formula is C15H17N3Na2O4S. The van der Waals surface area contributed by atoms with E-state index in [1.807, 2.05) is 6.07 Å². The van der Waals surface area contributed by atoms with Gasteiger partial charge in [-0.05, 0) is 12.1 Å². The molecule has 2 N–H and O–H groups in total. The van der Waals surface area contributed by atoms with E-state index in [0.29, 0.717) is 22.1 Å². The summed E-state index contributed by atoms with van der Waals surface area (Å²) < 4.78 is 22.8. The number of H-pyrrole nitrogens is 1. The van der Waals surface area contributed by atoms with Crippen molar-refractivity contribution in [2.75, 3.05) is 14.2 Å². The number of nitrogens with zero attached hydrogens (tertiary/aromatic N) is 2. The summed E-state index contributed by atoms with van der Waals surface area (Å²) in [5.74, 6) is 0.939. The van der Waals surface area contributed by atoms with Crippen LogP contribution in [0.25, 0.3) is 11.0 Å². The second-order valence-corrected chi connectivity index (χ2v) is 6.09. The Hall–Kier alpha value is -0.450. The molecule has 0 amide bonds. The van der Waals surface area contributed by atoms with Crippen LogP contribution in [0.15, 0.2) is 35.6 Å². The second-order valence-electron chi connectivity index (χ2n) is 4.72. The molecule has 0 spiro atoms. The molecule has 1 unspecified atom stereocenters. The summed E-state index contributed by atoms with van der Waals surface area (Å²) in [5, 5.41) is 10.1. The predicted octanol–water partition coefficient (Wildman–Crippen LogP) is 0.691. The average Bonchev–Trinajstić information content (AvgIpc) is 2.98. The third-order valence-electron chi connectivity index (χ3n) is 3.31. The Morgan fingerprint density at radius 3 is 2.64 bits per heavy atom. The summed E-state index contributed by atoms with van der Waals surface area (Å²) in [5.41, 5.74) is 1.84. The van der Waals surface area contributed by atoms with Crippen LogP contribution in [0.5, 0.6) is 17.2 Å². The van der Waals surface area contributed by atoms with E-state index in [1.54, 1.807) is 19.2 Å². The molecular weight excluding hydrogens is 364 g/mol. The zero-order valence-corrected chi connectivity index (χ0v) is 13.4. The van der Waals surface area contributed by atoms with Crippen LogP contribution in [-0.2, 0) is 16.9 Å². The molecule has 2 heterocycles. The summed E-state index contributed by atoms with van der Waals surface area (Å²) in [6, 6.07) is 6.79. The Balaban J connectivity index is 0.00000156. The van der Waals surface area contributed by atoms with Crippen molar-refractivity contribution in [1.82, 2.24) is 15.0 Å². The summed E-state index contributed by atoms with van der Waals surface area (Å²) in [6.07, 6.45) is 1.44. The van der Waals surface area contributed by atoms with Gasteiger partial charge in [-0.2, -0.15) is 4.98 Å². The quantitative estimate of drug-likeness (QED) is 0.498. The first-order valence-electron chi connectivity index (χ1n) is 6.75. The van der Waals surface area contributed by atoms with E-state index < -0.39 is 11.2 Å². The number of methoxy groups -OCH3 is 2. The van der Waals surface area contributed by atoms with Gasteiger partial charge in [0, 0.05) is 29.5 Å². The number of fused-ring (bicyclic) bond motifs is 1. The van der Waals surface area contributed by atoms with Crippen molar-refractivity contribution in [2.24, 2.45) is 0 Å². The molecule has 2 aromatic heterocycles. The fraction of sp³-hybridized carbons (Fsp3) is 0.200. The van der Waals surface area contributed by atoms with Crippen LogP contribution in [0.3, 0.4) is 0 Å². The number of imidazole rings is 1. The molecule has 0 radical (unpaired) electrons. The Labute approximate surface area is 192 Å². The summed E-state index contributed by atoms with van der Waals surface area (Å²) >= 11 is -1.46. The van der Waals surface area contributed by atoms with Gasteiger partial charge in [-0.15, -0.1) is 0 Å². The zero-order valence-electron chi connectivity index (χ0n) is 12.6. The number of aromatic hydroxyl groups is 1. The van der Waals surface area contributed by atoms with Gasteiger partial charge in [0.2, 0.25) is 0 Å². The number of benzene rings is 1. The van der Waals surface area contributed by atoms with Crippen LogP contribution in [0.1, 0.15) is 5.69 Å². The van der Waals surface area contributed by atoms with E-state index in [9.17, 15) is 9.66 Å². The third kappa shape index (κ3) is 5.05. The van der Waals surface area contributed by atoms with Crippen molar-refractivity contribution < 1.29 is 19.1 Å². The van der Waals surface area contributed by atoms with E-state index in [0.717, 1.165) is 5.52 Å². The molecule has 1 aromatic carbocycles. The summed E-state index contributed by atoms with van der Waals surface area (Å²) in [4.78, 5) is 11.5. The molecule has 3 rings (SSSR count). The molecule has 0 aliphatic rings. The van der Waals surface area contributed by atoms with Gasteiger partial charge < -0.3 is 19.1 Å². The molecule has 25 heavy (non-hydrogen) atoms. The first kappa shape index (κ1) is 22.6. The molecule has 1 atom stereocenters. The molecule has 0 saturated carbocycles. The molecule has 7 nitrogen and oxygen atoms in total. The van der Waals surface area contributed by atoms with Crippen molar-refractivity contribution in [3.8, 4) is 17.2 Å². The molecule has 124 valence electrons. The van der Waals surface area contributed by atoms with Gasteiger partial charge >= 0.3 is 64.3 Å². The van der Waals surface area contributed by atoms with E-state index in [2.05, 4.69) is 15.0 Å². The molecule has 0 bridgehead atoms. The molecule has 0 fully saturated rings. The number of ether oxygens (including phenoxy) is 2. The number of nitrogens with one attached hydrogen (secondary N) is 1. The average molecular weight is 381 g/mol. The maximum absolute atomic E-state index is 12.5. The number of aromatic nitrogens is 3. The summed E-state index contributed by atoms with van der Waals surface area (Å²) in [7, 11) is 3.00. The number of aromatic amines is 1. The fourth-order valence-electron chi connectivity index (χ4n) is 2.19. The van der Waals surface area contributed by atoms with Crippen LogP contribution in [0.2, 0.25) is 0 Å². The van der Waals surface area contributed by atoms with Crippen molar-refractivity contribution in [3.63, 3.8) is 0 Å². The van der Waals surface area contributed by atoms with Crippen molar-refractivity contribution in [2.45, 2.75) is 10.9 Å². The Bertz CT molecular complexity index is 847. The Morgan fingerprint density at radius 1 is 1.20 bits per heavy atom. The van der Waals surface area contributed by atoms with Gasteiger partial charge in [0.15, 0.2) is 17.3 Å². The van der Waals surface area contributed by atoms with Crippen molar-refractivity contribution in [1.29, 1.82) is 0 Å². The van der Waals surface area contributed by atoms with Gasteiger partial charge in [0.1, 0.15) is 11.4 Å². The van der Waals surface area contributed by atoms with Gasteiger partial charge in [-0.1, -0.05) is 0 Å². The first-order valence-corrected chi connectivity index (χ1v) is 8.07.